The highest BCUT2D eigenvalue weighted by atomic mass is 32.1. The Balaban J connectivity index is 1.69. The van der Waals surface area contributed by atoms with Crippen molar-refractivity contribution in [3.05, 3.63) is 65.2 Å². The van der Waals surface area contributed by atoms with E-state index in [1.54, 1.807) is 11.3 Å². The molecular formula is C24H29N5O2S. The lowest BCUT2D eigenvalue weighted by atomic mass is 10.0. The molecule has 3 N–H and O–H groups in total. The van der Waals surface area contributed by atoms with Crippen molar-refractivity contribution in [3.8, 4) is 11.3 Å². The van der Waals surface area contributed by atoms with Crippen molar-refractivity contribution in [1.29, 1.82) is 0 Å². The van der Waals surface area contributed by atoms with Gasteiger partial charge in [0.15, 0.2) is 5.13 Å². The number of aliphatic hydroxyl groups excluding tert-OH is 1. The summed E-state index contributed by atoms with van der Waals surface area (Å²) in [4.78, 5) is 12.9. The number of ether oxygens (including phenoxy) is 1. The number of hydrogen-bond donors (Lipinski definition) is 3. The second kappa shape index (κ2) is 10.2. The smallest absolute Gasteiger partial charge is 0.188 e. The highest BCUT2D eigenvalue weighted by Gasteiger charge is 2.15. The zero-order chi connectivity index (χ0) is 22.5. The molecule has 0 bridgehead atoms. The molecular weight excluding hydrogens is 422 g/mol. The number of nitrogens with one attached hydrogen (secondary N) is 2. The lowest BCUT2D eigenvalue weighted by Gasteiger charge is -2.27. The number of aliphatic hydroxyl groups is 1. The van der Waals surface area contributed by atoms with E-state index in [-0.39, 0.29) is 0 Å². The Labute approximate surface area is 192 Å². The lowest BCUT2D eigenvalue weighted by molar-refractivity contribution is 0.0342. The van der Waals surface area contributed by atoms with Gasteiger partial charge in [0.2, 0.25) is 0 Å². The number of morpholine rings is 1. The molecule has 0 saturated carbocycles. The van der Waals surface area contributed by atoms with Gasteiger partial charge in [-0.2, -0.15) is 0 Å². The molecule has 1 fully saturated rings. The number of pyridine rings is 1. The fourth-order valence-electron chi connectivity index (χ4n) is 3.64. The van der Waals surface area contributed by atoms with Crippen molar-refractivity contribution in [1.82, 2.24) is 14.9 Å². The maximum atomic E-state index is 9.90. The van der Waals surface area contributed by atoms with Crippen LogP contribution in [0.5, 0.6) is 0 Å². The first-order valence-electron chi connectivity index (χ1n) is 10.7. The number of aryl methyl sites for hydroxylation is 2. The largest absolute Gasteiger partial charge is 0.379 e. The molecule has 168 valence electrons. The van der Waals surface area contributed by atoms with Crippen molar-refractivity contribution in [2.75, 3.05) is 36.9 Å². The third-order valence-corrected chi connectivity index (χ3v) is 6.13. The third kappa shape index (κ3) is 5.72. The average Bonchev–Trinajstić information content (AvgIpc) is 3.20. The first-order chi connectivity index (χ1) is 15.5. The topological polar surface area (TPSA) is 82.5 Å². The predicted octanol–water partition coefficient (Wildman–Crippen LogP) is 4.31. The minimum absolute atomic E-state index is 0.764. The quantitative estimate of drug-likeness (QED) is 0.348. The molecule has 3 aromatic rings. The van der Waals surface area contributed by atoms with Crippen LogP contribution in [0.25, 0.3) is 11.3 Å². The van der Waals surface area contributed by atoms with Crippen LogP contribution in [-0.4, -0.2) is 52.5 Å². The fourth-order valence-corrected chi connectivity index (χ4v) is 4.31. The van der Waals surface area contributed by atoms with Crippen molar-refractivity contribution in [2.24, 2.45) is 0 Å². The van der Waals surface area contributed by atoms with Gasteiger partial charge in [0, 0.05) is 42.0 Å². The monoisotopic (exact) mass is 451 g/mol. The van der Waals surface area contributed by atoms with Crippen LogP contribution in [0.2, 0.25) is 0 Å². The van der Waals surface area contributed by atoms with Crippen LogP contribution in [0.4, 0.5) is 16.6 Å². The summed E-state index contributed by atoms with van der Waals surface area (Å²) < 4.78 is 5.50. The van der Waals surface area contributed by atoms with Gasteiger partial charge in [-0.15, -0.1) is 11.3 Å². The molecule has 1 aliphatic rings. The van der Waals surface area contributed by atoms with Crippen LogP contribution in [-0.2, 0) is 11.3 Å². The number of anilines is 3. The number of hydrogen-bond acceptors (Lipinski definition) is 8. The summed E-state index contributed by atoms with van der Waals surface area (Å²) in [6.07, 6.45) is 2.51. The predicted molar refractivity (Wildman–Crippen MR) is 130 cm³/mol. The van der Waals surface area contributed by atoms with E-state index in [1.807, 2.05) is 31.3 Å². The standard InChI is InChI=1S/C24H29N5O2S/c1-4-23(30)26-19-6-5-16(2)20(13-19)21-11-18(15-29-7-9-31-10-8-29)12-22(27-21)28-24-25-14-17(3)32-24/h4-6,11-14,23,26,30H,1,7-10,15H2,2-3H3,(H,25,27,28). The zero-order valence-electron chi connectivity index (χ0n) is 18.5. The number of nitrogens with zero attached hydrogens (tertiary/aromatic N) is 3. The van der Waals surface area contributed by atoms with Crippen LogP contribution in [0.15, 0.2) is 49.2 Å². The van der Waals surface area contributed by atoms with Gasteiger partial charge in [-0.3, -0.25) is 4.90 Å². The minimum atomic E-state index is -0.809. The minimum Gasteiger partial charge on any atom is -0.379 e. The molecule has 3 heterocycles. The van der Waals surface area contributed by atoms with Crippen molar-refractivity contribution >= 4 is 28.0 Å². The van der Waals surface area contributed by atoms with Gasteiger partial charge in [0.05, 0.1) is 18.9 Å². The Bertz CT molecular complexity index is 1080. The summed E-state index contributed by atoms with van der Waals surface area (Å²) in [5.74, 6) is 0.768. The average molecular weight is 452 g/mol. The van der Waals surface area contributed by atoms with E-state index in [1.165, 1.54) is 11.6 Å². The van der Waals surface area contributed by atoms with Gasteiger partial charge in [-0.1, -0.05) is 12.6 Å². The summed E-state index contributed by atoms with van der Waals surface area (Å²) in [6, 6.07) is 10.2. The molecule has 0 aliphatic carbocycles. The number of rotatable bonds is 8. The highest BCUT2D eigenvalue weighted by molar-refractivity contribution is 7.15. The van der Waals surface area contributed by atoms with Crippen LogP contribution in [0.1, 0.15) is 16.0 Å². The van der Waals surface area contributed by atoms with E-state index in [0.717, 1.165) is 71.2 Å². The molecule has 1 unspecified atom stereocenters. The van der Waals surface area contributed by atoms with Gasteiger partial charge in [-0.25, -0.2) is 9.97 Å². The molecule has 8 heteroatoms. The number of aromatic nitrogens is 2. The van der Waals surface area contributed by atoms with E-state index >= 15 is 0 Å². The first-order valence-corrected chi connectivity index (χ1v) is 11.5. The Kier molecular flexibility index (Phi) is 7.16. The number of benzene rings is 1. The Hall–Kier alpha value is -2.78. The zero-order valence-corrected chi connectivity index (χ0v) is 19.3. The second-order valence-electron chi connectivity index (χ2n) is 7.89. The van der Waals surface area contributed by atoms with Crippen LogP contribution < -0.4 is 10.6 Å². The van der Waals surface area contributed by atoms with E-state index in [2.05, 4.69) is 46.2 Å². The molecule has 4 rings (SSSR count). The van der Waals surface area contributed by atoms with Gasteiger partial charge < -0.3 is 20.5 Å². The molecule has 7 nitrogen and oxygen atoms in total. The lowest BCUT2D eigenvalue weighted by Crippen LogP contribution is -2.35. The molecule has 1 aromatic carbocycles. The van der Waals surface area contributed by atoms with E-state index in [0.29, 0.717) is 0 Å². The van der Waals surface area contributed by atoms with Gasteiger partial charge >= 0.3 is 0 Å². The second-order valence-corrected chi connectivity index (χ2v) is 9.12. The van der Waals surface area contributed by atoms with Gasteiger partial charge in [0.25, 0.3) is 0 Å². The summed E-state index contributed by atoms with van der Waals surface area (Å²) >= 11 is 1.60. The molecule has 2 aromatic heterocycles. The fraction of sp³-hybridized carbons (Fsp3) is 0.333. The SMILES string of the molecule is C=CC(O)Nc1ccc(C)c(-c2cc(CN3CCOCC3)cc(Nc3ncc(C)s3)n2)c1. The molecule has 1 aliphatic heterocycles. The highest BCUT2D eigenvalue weighted by Crippen LogP contribution is 2.30. The van der Waals surface area contributed by atoms with Crippen LogP contribution >= 0.6 is 11.3 Å². The summed E-state index contributed by atoms with van der Waals surface area (Å²) in [5, 5.41) is 17.1. The van der Waals surface area contributed by atoms with Crippen molar-refractivity contribution in [3.63, 3.8) is 0 Å². The van der Waals surface area contributed by atoms with E-state index in [9.17, 15) is 5.11 Å². The number of thiazole rings is 1. The third-order valence-electron chi connectivity index (χ3n) is 5.30. The Morgan fingerprint density at radius 2 is 2.06 bits per heavy atom. The maximum absolute atomic E-state index is 9.90. The van der Waals surface area contributed by atoms with Crippen molar-refractivity contribution < 1.29 is 9.84 Å². The van der Waals surface area contributed by atoms with E-state index < -0.39 is 6.23 Å². The van der Waals surface area contributed by atoms with Gasteiger partial charge in [-0.05, 0) is 55.3 Å². The van der Waals surface area contributed by atoms with Gasteiger partial charge in [0.1, 0.15) is 12.0 Å². The summed E-state index contributed by atoms with van der Waals surface area (Å²) in [7, 11) is 0. The normalized spacial score (nSPS) is 15.3. The van der Waals surface area contributed by atoms with E-state index in [4.69, 9.17) is 9.72 Å². The molecule has 32 heavy (non-hydrogen) atoms. The maximum Gasteiger partial charge on any atom is 0.188 e. The molecule has 1 saturated heterocycles. The Morgan fingerprint density at radius 1 is 1.25 bits per heavy atom. The molecule has 0 amide bonds. The van der Waals surface area contributed by atoms with Crippen LogP contribution in [0.3, 0.4) is 0 Å². The van der Waals surface area contributed by atoms with Crippen LogP contribution in [0, 0.1) is 13.8 Å². The molecule has 1 atom stereocenters. The Morgan fingerprint density at radius 3 is 2.78 bits per heavy atom. The molecule has 0 radical (unpaired) electrons. The summed E-state index contributed by atoms with van der Waals surface area (Å²) in [6.45, 7) is 11.9. The summed E-state index contributed by atoms with van der Waals surface area (Å²) in [5.41, 5.74) is 4.98. The molecule has 0 spiro atoms. The van der Waals surface area contributed by atoms with Crippen molar-refractivity contribution in [2.45, 2.75) is 26.6 Å². The first kappa shape index (κ1) is 22.4.